The van der Waals surface area contributed by atoms with Gasteiger partial charge in [-0.15, -0.1) is 0 Å². The van der Waals surface area contributed by atoms with Gasteiger partial charge >= 0.3 is 15.8 Å². The van der Waals surface area contributed by atoms with E-state index >= 15 is 0 Å². The molecule has 1 aromatic rings. The fourth-order valence-corrected chi connectivity index (χ4v) is 3.51. The maximum absolute atomic E-state index is 13.1. The molecule has 0 fully saturated rings. The van der Waals surface area contributed by atoms with Gasteiger partial charge in [0, 0.05) is 5.57 Å². The molecule has 0 amide bonds. The van der Waals surface area contributed by atoms with E-state index in [1.165, 1.54) is 0 Å². The molecule has 2 rings (SSSR count). The van der Waals surface area contributed by atoms with Crippen molar-refractivity contribution in [1.29, 1.82) is 0 Å². The van der Waals surface area contributed by atoms with Crippen LogP contribution in [0.5, 0.6) is 11.5 Å². The highest BCUT2D eigenvalue weighted by atomic mass is 32.2. The van der Waals surface area contributed by atoms with E-state index in [1.807, 2.05) is 0 Å². The molecule has 1 heterocycles. The first-order valence-corrected chi connectivity index (χ1v) is 10.2. The van der Waals surface area contributed by atoms with Crippen molar-refractivity contribution in [1.82, 2.24) is 0 Å². The van der Waals surface area contributed by atoms with E-state index in [4.69, 9.17) is 13.7 Å². The Hall–Kier alpha value is -2.79. The molecule has 0 atom stereocenters. The van der Waals surface area contributed by atoms with Gasteiger partial charge in [-0.1, -0.05) is 0 Å². The molecular formula is C18H21NO9S. The fourth-order valence-electron chi connectivity index (χ4n) is 3.05. The van der Waals surface area contributed by atoms with Crippen molar-refractivity contribution in [3.8, 4) is 11.5 Å². The number of nitro benzene ring substituents is 1. The lowest BCUT2D eigenvalue weighted by Crippen LogP contribution is -2.49. The maximum atomic E-state index is 13.1. The molecule has 0 saturated carbocycles. The standard InChI is InChI=1S/C18H21NO9S/c1-17(2)11(9-13(20)18(3,4)28-17)15(21)10-7-8-12(27-29(6,24)25)16(26-5)14(10)19(22)23/h7-9H,1-6H3. The van der Waals surface area contributed by atoms with E-state index in [0.29, 0.717) is 0 Å². The van der Waals surface area contributed by atoms with Gasteiger partial charge in [-0.05, 0) is 45.9 Å². The number of ether oxygens (including phenoxy) is 2. The van der Waals surface area contributed by atoms with Crippen molar-refractivity contribution >= 4 is 27.4 Å². The summed E-state index contributed by atoms with van der Waals surface area (Å²) in [6.45, 7) is 6.24. The van der Waals surface area contributed by atoms with Gasteiger partial charge in [-0.2, -0.15) is 8.42 Å². The third kappa shape index (κ3) is 4.46. The minimum absolute atomic E-state index is 0.0799. The Bertz CT molecular complexity index is 1040. The van der Waals surface area contributed by atoms with Crippen LogP contribution in [0.3, 0.4) is 0 Å². The zero-order chi connectivity index (χ0) is 22.4. The Morgan fingerprint density at radius 1 is 1.17 bits per heavy atom. The fraction of sp³-hybridized carbons (Fsp3) is 0.444. The largest absolute Gasteiger partial charge is 0.488 e. The van der Waals surface area contributed by atoms with Gasteiger partial charge < -0.3 is 13.7 Å². The van der Waals surface area contributed by atoms with Crippen molar-refractivity contribution in [3.05, 3.63) is 39.5 Å². The molecule has 11 heteroatoms. The van der Waals surface area contributed by atoms with E-state index in [-0.39, 0.29) is 5.57 Å². The first-order chi connectivity index (χ1) is 13.1. The van der Waals surface area contributed by atoms with Crippen LogP contribution in [0.2, 0.25) is 0 Å². The topological polar surface area (TPSA) is 139 Å². The highest BCUT2D eigenvalue weighted by molar-refractivity contribution is 7.86. The number of Topliss-reactive ketones (excluding diaryl/α,β-unsaturated/α-hetero) is 1. The minimum Gasteiger partial charge on any atom is -0.488 e. The second-order valence-corrected chi connectivity index (χ2v) is 8.99. The Morgan fingerprint density at radius 3 is 2.24 bits per heavy atom. The minimum atomic E-state index is -4.01. The van der Waals surface area contributed by atoms with Crippen LogP contribution in [0, 0.1) is 10.1 Å². The zero-order valence-corrected chi connectivity index (χ0v) is 17.6. The number of nitro groups is 1. The lowest BCUT2D eigenvalue weighted by atomic mass is 9.83. The first kappa shape index (κ1) is 22.5. The number of ketones is 2. The number of benzene rings is 1. The van der Waals surface area contributed by atoms with Gasteiger partial charge in [-0.3, -0.25) is 19.7 Å². The SMILES string of the molecule is COc1c(OS(C)(=O)=O)ccc(C(=O)C2=CC(=O)C(C)(C)OC2(C)C)c1[N+](=O)[O-]. The monoisotopic (exact) mass is 427 g/mol. The van der Waals surface area contributed by atoms with Crippen LogP contribution in [0.4, 0.5) is 5.69 Å². The molecule has 0 saturated heterocycles. The van der Waals surface area contributed by atoms with Crippen molar-refractivity contribution < 1.29 is 36.6 Å². The van der Waals surface area contributed by atoms with E-state index in [0.717, 1.165) is 31.6 Å². The predicted octanol–water partition coefficient (Wildman–Crippen LogP) is 2.21. The van der Waals surface area contributed by atoms with Crippen molar-refractivity contribution in [2.24, 2.45) is 0 Å². The maximum Gasteiger partial charge on any atom is 0.326 e. The summed E-state index contributed by atoms with van der Waals surface area (Å²) >= 11 is 0. The summed E-state index contributed by atoms with van der Waals surface area (Å²) in [5, 5.41) is 11.7. The molecule has 1 aromatic carbocycles. The Balaban J connectivity index is 2.70. The molecular weight excluding hydrogens is 406 g/mol. The van der Waals surface area contributed by atoms with Crippen LogP contribution >= 0.6 is 0 Å². The average molecular weight is 427 g/mol. The molecule has 0 bridgehead atoms. The molecule has 0 radical (unpaired) electrons. The normalized spacial score (nSPS) is 18.0. The zero-order valence-electron chi connectivity index (χ0n) is 16.8. The number of nitrogens with zero attached hydrogens (tertiary/aromatic N) is 1. The van der Waals surface area contributed by atoms with Crippen LogP contribution in [-0.2, 0) is 19.6 Å². The molecule has 0 aromatic heterocycles. The summed E-state index contributed by atoms with van der Waals surface area (Å²) < 4.78 is 38.3. The molecule has 0 unspecified atom stereocenters. The summed E-state index contributed by atoms with van der Waals surface area (Å²) in [4.78, 5) is 36.2. The number of carbonyl (C=O) groups excluding carboxylic acids is 2. The van der Waals surface area contributed by atoms with Gasteiger partial charge in [0.2, 0.25) is 5.75 Å². The van der Waals surface area contributed by atoms with Gasteiger partial charge in [0.25, 0.3) is 0 Å². The van der Waals surface area contributed by atoms with Crippen molar-refractivity contribution in [2.45, 2.75) is 38.9 Å². The molecule has 0 aliphatic carbocycles. The number of hydrogen-bond acceptors (Lipinski definition) is 9. The second-order valence-electron chi connectivity index (χ2n) is 7.41. The summed E-state index contributed by atoms with van der Waals surface area (Å²) in [5.74, 6) is -2.27. The number of carbonyl (C=O) groups is 2. The molecule has 1 aliphatic heterocycles. The smallest absolute Gasteiger partial charge is 0.326 e. The summed E-state index contributed by atoms with van der Waals surface area (Å²) in [6.07, 6.45) is 1.88. The van der Waals surface area contributed by atoms with Crippen LogP contribution in [0.15, 0.2) is 23.8 Å². The van der Waals surface area contributed by atoms with Gasteiger partial charge in [0.05, 0.1) is 23.9 Å². The third-order valence-electron chi connectivity index (χ3n) is 4.24. The first-order valence-electron chi connectivity index (χ1n) is 8.37. The molecule has 0 N–H and O–H groups in total. The molecule has 29 heavy (non-hydrogen) atoms. The summed E-state index contributed by atoms with van der Waals surface area (Å²) in [6, 6.07) is 2.12. The van der Waals surface area contributed by atoms with Crippen molar-refractivity contribution in [2.75, 3.05) is 13.4 Å². The number of rotatable bonds is 6. The molecule has 0 spiro atoms. The van der Waals surface area contributed by atoms with Gasteiger partial charge in [0.1, 0.15) is 11.2 Å². The Morgan fingerprint density at radius 2 is 1.76 bits per heavy atom. The van der Waals surface area contributed by atoms with Gasteiger partial charge in [-0.25, -0.2) is 0 Å². The highest BCUT2D eigenvalue weighted by Gasteiger charge is 2.45. The highest BCUT2D eigenvalue weighted by Crippen LogP contribution is 2.43. The van der Waals surface area contributed by atoms with Crippen molar-refractivity contribution in [3.63, 3.8) is 0 Å². The van der Waals surface area contributed by atoms with Crippen LogP contribution in [-0.4, -0.2) is 49.5 Å². The van der Waals surface area contributed by atoms with Crippen LogP contribution < -0.4 is 8.92 Å². The van der Waals surface area contributed by atoms with E-state index < -0.39 is 60.6 Å². The Labute approximate surface area is 167 Å². The lowest BCUT2D eigenvalue weighted by Gasteiger charge is -2.39. The molecule has 1 aliphatic rings. The third-order valence-corrected chi connectivity index (χ3v) is 4.72. The lowest BCUT2D eigenvalue weighted by molar-refractivity contribution is -0.386. The van der Waals surface area contributed by atoms with Gasteiger partial charge in [0.15, 0.2) is 17.3 Å². The number of methoxy groups -OCH3 is 1. The van der Waals surface area contributed by atoms with Crippen LogP contribution in [0.25, 0.3) is 0 Å². The molecule has 158 valence electrons. The summed E-state index contributed by atoms with van der Waals surface area (Å²) in [5.41, 5.74) is -3.64. The number of hydrogen-bond donors (Lipinski definition) is 0. The van der Waals surface area contributed by atoms with E-state index in [9.17, 15) is 28.1 Å². The Kier molecular flexibility index (Phi) is 5.61. The van der Waals surface area contributed by atoms with Crippen LogP contribution in [0.1, 0.15) is 38.1 Å². The summed E-state index contributed by atoms with van der Waals surface area (Å²) in [7, 11) is -2.93. The second kappa shape index (κ2) is 7.23. The molecule has 10 nitrogen and oxygen atoms in total. The predicted molar refractivity (Wildman–Crippen MR) is 102 cm³/mol. The quantitative estimate of drug-likeness (QED) is 0.289. The average Bonchev–Trinajstić information content (AvgIpc) is 2.54. The van der Waals surface area contributed by atoms with E-state index in [2.05, 4.69) is 0 Å². The van der Waals surface area contributed by atoms with E-state index in [1.54, 1.807) is 27.7 Å².